The Labute approximate surface area is 170 Å². The maximum atomic E-state index is 12.7. The van der Waals surface area contributed by atoms with Gasteiger partial charge in [0.25, 0.3) is 0 Å². The van der Waals surface area contributed by atoms with E-state index in [1.807, 2.05) is 36.4 Å². The van der Waals surface area contributed by atoms with Gasteiger partial charge < -0.3 is 4.74 Å². The van der Waals surface area contributed by atoms with Gasteiger partial charge in [0, 0.05) is 22.9 Å². The summed E-state index contributed by atoms with van der Waals surface area (Å²) in [6, 6.07) is 14.7. The third-order valence-corrected chi connectivity index (χ3v) is 5.84. The number of pyridine rings is 1. The number of hydrogen-bond donors (Lipinski definition) is 0. The highest BCUT2D eigenvalue weighted by Crippen LogP contribution is 2.23. The van der Waals surface area contributed by atoms with Crippen LogP contribution < -0.4 is 0 Å². The second-order valence-corrected chi connectivity index (χ2v) is 8.11. The van der Waals surface area contributed by atoms with Crippen molar-refractivity contribution in [3.8, 4) is 11.4 Å². The lowest BCUT2D eigenvalue weighted by Crippen LogP contribution is -2.07. The lowest BCUT2D eigenvalue weighted by molar-refractivity contribution is -0.139. The second kappa shape index (κ2) is 10.1. The minimum absolute atomic E-state index is 0.151. The summed E-state index contributed by atoms with van der Waals surface area (Å²) in [5, 5.41) is 0.627. The maximum Gasteiger partial charge on any atom is 0.316 e. The molecule has 3 rings (SSSR count). The fourth-order valence-electron chi connectivity index (χ4n) is 2.37. The highest BCUT2D eigenvalue weighted by Gasteiger charge is 2.13. The van der Waals surface area contributed by atoms with Crippen molar-refractivity contribution in [2.75, 3.05) is 12.4 Å². The zero-order chi connectivity index (χ0) is 19.8. The largest absolute Gasteiger partial charge is 0.465 e. The van der Waals surface area contributed by atoms with E-state index in [2.05, 4.69) is 15.0 Å². The van der Waals surface area contributed by atoms with Gasteiger partial charge >= 0.3 is 5.97 Å². The summed E-state index contributed by atoms with van der Waals surface area (Å²) >= 11 is 1.27. The van der Waals surface area contributed by atoms with Crippen LogP contribution in [0.25, 0.3) is 11.4 Å². The van der Waals surface area contributed by atoms with E-state index in [0.29, 0.717) is 23.2 Å². The van der Waals surface area contributed by atoms with Crippen molar-refractivity contribution in [3.05, 3.63) is 66.6 Å². The third-order valence-electron chi connectivity index (χ3n) is 3.60. The van der Waals surface area contributed by atoms with Gasteiger partial charge in [-0.1, -0.05) is 30.0 Å². The number of aromatic nitrogens is 3. The van der Waals surface area contributed by atoms with Crippen molar-refractivity contribution in [2.24, 2.45) is 0 Å². The van der Waals surface area contributed by atoms with E-state index in [0.717, 1.165) is 10.5 Å². The van der Waals surface area contributed by atoms with Crippen LogP contribution in [-0.4, -0.2) is 37.5 Å². The van der Waals surface area contributed by atoms with E-state index >= 15 is 0 Å². The molecular formula is C20H19N3O3S2. The number of hydrogen-bond acceptors (Lipinski definition) is 7. The number of thioether (sulfide) groups is 1. The van der Waals surface area contributed by atoms with Gasteiger partial charge in [-0.3, -0.25) is 14.0 Å². The number of ether oxygens (including phenoxy) is 1. The van der Waals surface area contributed by atoms with Crippen LogP contribution in [0.5, 0.6) is 0 Å². The van der Waals surface area contributed by atoms with Gasteiger partial charge in [-0.15, -0.1) is 0 Å². The Morgan fingerprint density at radius 2 is 1.96 bits per heavy atom. The van der Waals surface area contributed by atoms with Crippen LogP contribution in [0.15, 0.2) is 70.8 Å². The molecule has 0 unspecified atom stereocenters. The highest BCUT2D eigenvalue weighted by molar-refractivity contribution is 7.99. The minimum atomic E-state index is -1.23. The fourth-order valence-corrected chi connectivity index (χ4v) is 4.13. The molecule has 1 aromatic carbocycles. The summed E-state index contributed by atoms with van der Waals surface area (Å²) in [4.78, 5) is 25.6. The minimum Gasteiger partial charge on any atom is -0.465 e. The standard InChI is InChI=1S/C20H19N3O3S2/c1-2-26-19(24)13-27-18-11-16(14-28(25)17-8-4-3-5-9-17)22-20(23-18)15-7-6-10-21-12-15/h3-12H,2,13-14H2,1H3/t28-/m1/s1. The summed E-state index contributed by atoms with van der Waals surface area (Å²) in [6.45, 7) is 2.11. The van der Waals surface area contributed by atoms with Crippen LogP contribution in [0.4, 0.5) is 0 Å². The number of carbonyl (C=O) groups is 1. The van der Waals surface area contributed by atoms with Gasteiger partial charge in [0.15, 0.2) is 5.82 Å². The van der Waals surface area contributed by atoms with Crippen LogP contribution in [-0.2, 0) is 26.1 Å². The van der Waals surface area contributed by atoms with Crippen LogP contribution in [0.2, 0.25) is 0 Å². The number of carbonyl (C=O) groups excluding carboxylic acids is 1. The Morgan fingerprint density at radius 1 is 1.14 bits per heavy atom. The van der Waals surface area contributed by atoms with E-state index in [1.165, 1.54) is 11.8 Å². The number of rotatable bonds is 8. The Balaban J connectivity index is 1.86. The quantitative estimate of drug-likeness (QED) is 0.317. The molecule has 0 bridgehead atoms. The normalized spacial score (nSPS) is 11.8. The summed E-state index contributed by atoms with van der Waals surface area (Å²) in [5.74, 6) is 0.594. The molecule has 6 nitrogen and oxygen atoms in total. The predicted molar refractivity (Wildman–Crippen MR) is 109 cm³/mol. The van der Waals surface area contributed by atoms with Gasteiger partial charge in [-0.05, 0) is 37.3 Å². The fraction of sp³-hybridized carbons (Fsp3) is 0.200. The highest BCUT2D eigenvalue weighted by atomic mass is 32.2. The maximum absolute atomic E-state index is 12.7. The molecule has 0 aliphatic heterocycles. The zero-order valence-electron chi connectivity index (χ0n) is 15.3. The summed E-state index contributed by atoms with van der Waals surface area (Å²) in [7, 11) is -1.23. The topological polar surface area (TPSA) is 82.0 Å². The second-order valence-electron chi connectivity index (χ2n) is 5.66. The molecule has 2 aromatic heterocycles. The molecule has 0 N–H and O–H groups in total. The van der Waals surface area contributed by atoms with Crippen LogP contribution >= 0.6 is 11.8 Å². The Bertz CT molecular complexity index is 953. The molecule has 0 aliphatic rings. The molecule has 0 saturated heterocycles. The summed E-state index contributed by atoms with van der Waals surface area (Å²) < 4.78 is 17.7. The van der Waals surface area contributed by atoms with Crippen molar-refractivity contribution in [1.82, 2.24) is 15.0 Å². The summed E-state index contributed by atoms with van der Waals surface area (Å²) in [5.41, 5.74) is 1.40. The van der Waals surface area contributed by atoms with Crippen LogP contribution in [0.3, 0.4) is 0 Å². The lowest BCUT2D eigenvalue weighted by Gasteiger charge is -2.08. The van der Waals surface area contributed by atoms with E-state index in [4.69, 9.17) is 4.74 Å². The van der Waals surface area contributed by atoms with Crippen molar-refractivity contribution >= 4 is 28.5 Å². The number of benzene rings is 1. The predicted octanol–water partition coefficient (Wildman–Crippen LogP) is 3.50. The molecule has 28 heavy (non-hydrogen) atoms. The first-order chi connectivity index (χ1) is 13.7. The molecule has 0 fully saturated rings. The lowest BCUT2D eigenvalue weighted by atomic mass is 10.2. The van der Waals surface area contributed by atoms with Gasteiger partial charge in [0.05, 0.1) is 34.6 Å². The van der Waals surface area contributed by atoms with Gasteiger partial charge in [-0.2, -0.15) is 0 Å². The van der Waals surface area contributed by atoms with Crippen LogP contribution in [0.1, 0.15) is 12.6 Å². The first-order valence-electron chi connectivity index (χ1n) is 8.66. The first kappa shape index (κ1) is 20.2. The molecule has 0 aliphatic carbocycles. The third kappa shape index (κ3) is 5.71. The molecule has 2 heterocycles. The van der Waals surface area contributed by atoms with E-state index < -0.39 is 10.8 Å². The molecule has 0 saturated carbocycles. The molecule has 0 spiro atoms. The Morgan fingerprint density at radius 3 is 2.68 bits per heavy atom. The van der Waals surface area contributed by atoms with Crippen LogP contribution in [0, 0.1) is 0 Å². The molecule has 0 amide bonds. The molecule has 0 radical (unpaired) electrons. The van der Waals surface area contributed by atoms with E-state index in [1.54, 1.807) is 31.5 Å². The average molecular weight is 414 g/mol. The van der Waals surface area contributed by atoms with E-state index in [-0.39, 0.29) is 17.5 Å². The zero-order valence-corrected chi connectivity index (χ0v) is 16.9. The monoisotopic (exact) mass is 413 g/mol. The van der Waals surface area contributed by atoms with Gasteiger partial charge in [0.1, 0.15) is 5.03 Å². The smallest absolute Gasteiger partial charge is 0.316 e. The Hall–Kier alpha value is -2.58. The Kier molecular flexibility index (Phi) is 7.27. The van der Waals surface area contributed by atoms with Gasteiger partial charge in [-0.25, -0.2) is 9.97 Å². The first-order valence-corrected chi connectivity index (χ1v) is 11.0. The summed E-state index contributed by atoms with van der Waals surface area (Å²) in [6.07, 6.45) is 3.35. The number of nitrogens with zero attached hydrogens (tertiary/aromatic N) is 3. The molecule has 3 aromatic rings. The van der Waals surface area contributed by atoms with Gasteiger partial charge in [0.2, 0.25) is 0 Å². The average Bonchev–Trinajstić information content (AvgIpc) is 2.73. The molecular weight excluding hydrogens is 394 g/mol. The molecule has 8 heteroatoms. The van der Waals surface area contributed by atoms with Crippen molar-refractivity contribution in [3.63, 3.8) is 0 Å². The molecule has 144 valence electrons. The SMILES string of the molecule is CCOC(=O)CSc1cc(C[S@@](=O)c2ccccc2)nc(-c2cccnc2)n1. The van der Waals surface area contributed by atoms with Crippen molar-refractivity contribution in [2.45, 2.75) is 22.6 Å². The molecule has 1 atom stereocenters. The van der Waals surface area contributed by atoms with E-state index in [9.17, 15) is 9.00 Å². The van der Waals surface area contributed by atoms with Crippen molar-refractivity contribution in [1.29, 1.82) is 0 Å². The number of esters is 1. The van der Waals surface area contributed by atoms with Crippen molar-refractivity contribution < 1.29 is 13.7 Å².